The summed E-state index contributed by atoms with van der Waals surface area (Å²) in [5, 5.41) is 3.03. The van der Waals surface area contributed by atoms with Crippen LogP contribution >= 0.6 is 0 Å². The van der Waals surface area contributed by atoms with E-state index in [0.717, 1.165) is 16.8 Å². The van der Waals surface area contributed by atoms with Crippen molar-refractivity contribution in [2.24, 2.45) is 0 Å². The second-order valence-corrected chi connectivity index (χ2v) is 2.23. The van der Waals surface area contributed by atoms with Crippen LogP contribution in [0.1, 0.15) is 11.1 Å². The molecule has 54 valence electrons. The molecule has 1 N–H and O–H groups in total. The van der Waals surface area contributed by atoms with Crippen molar-refractivity contribution in [3.63, 3.8) is 0 Å². The minimum absolute atomic E-state index is 0. The molecule has 11 heavy (non-hydrogen) atoms. The Morgan fingerprint density at radius 2 is 1.82 bits per heavy atom. The van der Waals surface area contributed by atoms with Crippen LogP contribution in [0.25, 0.3) is 0 Å². The number of hydrogen-bond acceptors (Lipinski definition) is 1. The molecule has 0 bridgehead atoms. The minimum atomic E-state index is 0. The molecule has 0 fully saturated rings. The third kappa shape index (κ3) is 3.09. The summed E-state index contributed by atoms with van der Waals surface area (Å²) in [6.45, 7) is 7.63. The van der Waals surface area contributed by atoms with E-state index in [4.69, 9.17) is 0 Å². The number of anilines is 1. The molecule has 0 unspecified atom stereocenters. The Morgan fingerprint density at radius 3 is 2.27 bits per heavy atom. The van der Waals surface area contributed by atoms with Crippen LogP contribution in [0.5, 0.6) is 0 Å². The molecule has 1 aromatic carbocycles. The van der Waals surface area contributed by atoms with Gasteiger partial charge in [-0.05, 0) is 5.69 Å². The standard InChI is InChI=1S/C9H11N.K/c1-7-4-5-9(10-3)6-8(7)2;/h4-6,10H,1-2H2,3H3;/q-2;+1. The van der Waals surface area contributed by atoms with E-state index in [0.29, 0.717) is 0 Å². The Bertz CT molecular complexity index is 233. The van der Waals surface area contributed by atoms with Gasteiger partial charge in [0.25, 0.3) is 0 Å². The molecule has 0 saturated heterocycles. The molecule has 0 aliphatic rings. The van der Waals surface area contributed by atoms with Crippen LogP contribution in [0.4, 0.5) is 5.69 Å². The average molecular weight is 172 g/mol. The van der Waals surface area contributed by atoms with Crippen molar-refractivity contribution in [2.45, 2.75) is 0 Å². The van der Waals surface area contributed by atoms with Crippen LogP contribution in [0, 0.1) is 13.8 Å². The maximum Gasteiger partial charge on any atom is 1.00 e. The van der Waals surface area contributed by atoms with E-state index in [1.165, 1.54) is 0 Å². The molecular formula is C9H11KN-. The van der Waals surface area contributed by atoms with Gasteiger partial charge in [-0.3, -0.25) is 25.0 Å². The smallest absolute Gasteiger partial charge is 0.400 e. The molecule has 0 aliphatic heterocycles. The van der Waals surface area contributed by atoms with Crippen LogP contribution in [0.15, 0.2) is 18.2 Å². The monoisotopic (exact) mass is 172 g/mol. The summed E-state index contributed by atoms with van der Waals surface area (Å²) in [5.74, 6) is 0. The molecule has 0 heterocycles. The Balaban J connectivity index is 0.000001000. The third-order valence-corrected chi connectivity index (χ3v) is 1.49. The summed E-state index contributed by atoms with van der Waals surface area (Å²) in [6, 6.07) is 5.91. The van der Waals surface area contributed by atoms with Crippen LogP contribution in [-0.2, 0) is 0 Å². The zero-order chi connectivity index (χ0) is 7.56. The predicted molar refractivity (Wildman–Crippen MR) is 44.9 cm³/mol. The van der Waals surface area contributed by atoms with Crippen molar-refractivity contribution in [1.82, 2.24) is 0 Å². The molecule has 1 rings (SSSR count). The molecule has 0 aliphatic carbocycles. The van der Waals surface area contributed by atoms with E-state index >= 15 is 0 Å². The van der Waals surface area contributed by atoms with Crippen LogP contribution in [0.3, 0.4) is 0 Å². The van der Waals surface area contributed by atoms with Crippen molar-refractivity contribution in [3.8, 4) is 0 Å². The van der Waals surface area contributed by atoms with E-state index in [9.17, 15) is 0 Å². The molecule has 0 saturated carbocycles. The van der Waals surface area contributed by atoms with Crippen LogP contribution < -0.4 is 56.7 Å². The summed E-state index contributed by atoms with van der Waals surface area (Å²) in [5.41, 5.74) is 3.04. The van der Waals surface area contributed by atoms with Crippen LogP contribution in [-0.4, -0.2) is 7.05 Å². The summed E-state index contributed by atoms with van der Waals surface area (Å²) in [6.07, 6.45) is 0. The maximum atomic E-state index is 3.83. The Labute approximate surface area is 111 Å². The molecule has 0 radical (unpaired) electrons. The van der Waals surface area contributed by atoms with E-state index in [1.807, 2.05) is 25.2 Å². The number of rotatable bonds is 1. The molecule has 0 amide bonds. The second kappa shape index (κ2) is 5.11. The van der Waals surface area contributed by atoms with Crippen molar-refractivity contribution >= 4 is 5.69 Å². The van der Waals surface area contributed by atoms with E-state index in [1.54, 1.807) is 0 Å². The summed E-state index contributed by atoms with van der Waals surface area (Å²) in [7, 11) is 1.89. The maximum absolute atomic E-state index is 3.83. The Morgan fingerprint density at radius 1 is 1.18 bits per heavy atom. The fraction of sp³-hybridized carbons (Fsp3) is 0.111. The quantitative estimate of drug-likeness (QED) is 0.427. The molecule has 0 spiro atoms. The first-order chi connectivity index (χ1) is 4.74. The van der Waals surface area contributed by atoms with Gasteiger partial charge in [-0.25, -0.2) is 6.07 Å². The van der Waals surface area contributed by atoms with Crippen molar-refractivity contribution in [1.29, 1.82) is 0 Å². The van der Waals surface area contributed by atoms with Crippen LogP contribution in [0.2, 0.25) is 0 Å². The van der Waals surface area contributed by atoms with Gasteiger partial charge in [0.05, 0.1) is 0 Å². The third-order valence-electron chi connectivity index (χ3n) is 1.49. The number of nitrogens with one attached hydrogen (secondary N) is 1. The largest absolute Gasteiger partial charge is 1.00 e. The Kier molecular flexibility index (Phi) is 5.30. The summed E-state index contributed by atoms with van der Waals surface area (Å²) in [4.78, 5) is 0. The number of hydrogen-bond donors (Lipinski definition) is 1. The normalized spacial score (nSPS) is 8.45. The van der Waals surface area contributed by atoms with E-state index in [2.05, 4.69) is 19.2 Å². The summed E-state index contributed by atoms with van der Waals surface area (Å²) < 4.78 is 0. The first-order valence-corrected chi connectivity index (χ1v) is 3.20. The van der Waals surface area contributed by atoms with Gasteiger partial charge in [0.1, 0.15) is 0 Å². The molecule has 0 atom stereocenters. The van der Waals surface area contributed by atoms with Gasteiger partial charge < -0.3 is 5.32 Å². The fourth-order valence-corrected chi connectivity index (χ4v) is 0.781. The second-order valence-electron chi connectivity index (χ2n) is 2.23. The van der Waals surface area contributed by atoms with Gasteiger partial charge in [-0.1, -0.05) is 0 Å². The first-order valence-electron chi connectivity index (χ1n) is 3.20. The molecule has 1 aromatic rings. The van der Waals surface area contributed by atoms with Gasteiger partial charge >= 0.3 is 51.4 Å². The van der Waals surface area contributed by atoms with Gasteiger partial charge in [0.2, 0.25) is 0 Å². The first kappa shape index (κ1) is 11.4. The van der Waals surface area contributed by atoms with Crippen molar-refractivity contribution < 1.29 is 51.4 Å². The van der Waals surface area contributed by atoms with Gasteiger partial charge in [-0.2, -0.15) is 6.07 Å². The molecular weight excluding hydrogens is 161 g/mol. The zero-order valence-corrected chi connectivity index (χ0v) is 10.3. The Hall–Kier alpha value is 0.396. The minimum Gasteiger partial charge on any atom is -0.400 e. The van der Waals surface area contributed by atoms with Gasteiger partial charge in [0.15, 0.2) is 0 Å². The van der Waals surface area contributed by atoms with Gasteiger partial charge in [0, 0.05) is 7.05 Å². The van der Waals surface area contributed by atoms with Crippen molar-refractivity contribution in [2.75, 3.05) is 12.4 Å². The SMILES string of the molecule is [CH2-]c1ccc(NC)cc1[CH2-].[K+]. The molecule has 0 aromatic heterocycles. The topological polar surface area (TPSA) is 12.0 Å². The molecule has 2 heteroatoms. The van der Waals surface area contributed by atoms with Crippen molar-refractivity contribution in [3.05, 3.63) is 43.2 Å². The number of benzene rings is 1. The van der Waals surface area contributed by atoms with E-state index in [-0.39, 0.29) is 51.4 Å². The molecule has 1 nitrogen and oxygen atoms in total. The van der Waals surface area contributed by atoms with E-state index < -0.39 is 0 Å². The van der Waals surface area contributed by atoms with Gasteiger partial charge in [-0.15, -0.1) is 6.07 Å². The zero-order valence-electron chi connectivity index (χ0n) is 7.15. The predicted octanol–water partition coefficient (Wildman–Crippen LogP) is -0.903. The summed E-state index contributed by atoms with van der Waals surface area (Å²) >= 11 is 0. The fourth-order valence-electron chi connectivity index (χ4n) is 0.781. The average Bonchev–Trinajstić information content (AvgIpc) is 1.95.